The van der Waals surface area contributed by atoms with E-state index in [2.05, 4.69) is 5.48 Å². The molecule has 0 bridgehead atoms. The molecule has 0 fully saturated rings. The predicted molar refractivity (Wildman–Crippen MR) is 67.1 cm³/mol. The van der Waals surface area contributed by atoms with E-state index in [9.17, 15) is 4.39 Å². The van der Waals surface area contributed by atoms with Crippen LogP contribution in [-0.2, 0) is 0 Å². The lowest BCUT2D eigenvalue weighted by Crippen LogP contribution is -2.04. The van der Waals surface area contributed by atoms with Gasteiger partial charge in [0.1, 0.15) is 5.82 Å². The highest BCUT2D eigenvalue weighted by Gasteiger charge is 2.02. The van der Waals surface area contributed by atoms with Gasteiger partial charge < -0.3 is 4.84 Å². The van der Waals surface area contributed by atoms with Crippen LogP contribution in [0.15, 0.2) is 42.5 Å². The molecule has 2 aromatic rings. The van der Waals surface area contributed by atoms with E-state index >= 15 is 0 Å². The molecule has 0 aliphatic heterocycles. The Bertz CT molecular complexity index is 516. The molecule has 0 aromatic heterocycles. The van der Waals surface area contributed by atoms with Crippen molar-refractivity contribution in [3.05, 3.63) is 58.3 Å². The second-order valence-corrected chi connectivity index (χ2v) is 4.13. The summed E-state index contributed by atoms with van der Waals surface area (Å²) in [5.74, 6) is -0.191. The lowest BCUT2D eigenvalue weighted by atomic mass is 10.3. The fraction of sp³-hybridized carbons (Fsp3) is 0. The Kier molecular flexibility index (Phi) is 3.71. The highest BCUT2D eigenvalue weighted by Crippen LogP contribution is 2.21. The molecule has 88 valence electrons. The van der Waals surface area contributed by atoms with E-state index < -0.39 is 5.82 Å². The topological polar surface area (TPSA) is 21.3 Å². The Balaban J connectivity index is 2.02. The first-order chi connectivity index (χ1) is 8.15. The number of hydrogen-bond acceptors (Lipinski definition) is 2. The van der Waals surface area contributed by atoms with Gasteiger partial charge in [-0.15, -0.1) is 0 Å². The molecule has 0 unspecified atom stereocenters. The van der Waals surface area contributed by atoms with Crippen LogP contribution in [0.25, 0.3) is 0 Å². The molecule has 0 spiro atoms. The summed E-state index contributed by atoms with van der Waals surface area (Å²) in [6.45, 7) is 0. The molecule has 0 amide bonds. The second-order valence-electron chi connectivity index (χ2n) is 3.29. The quantitative estimate of drug-likeness (QED) is 0.828. The standard InChI is InChI=1S/C12H8Cl2FNO/c13-8-1-3-9(4-2-8)16-17-10-5-6-11(14)12(15)7-10/h1-7,16H. The van der Waals surface area contributed by atoms with Crippen LogP contribution >= 0.6 is 23.2 Å². The van der Waals surface area contributed by atoms with Crippen LogP contribution in [0.5, 0.6) is 5.75 Å². The van der Waals surface area contributed by atoms with Crippen molar-refractivity contribution in [3.8, 4) is 5.75 Å². The van der Waals surface area contributed by atoms with Crippen LogP contribution in [0.2, 0.25) is 10.0 Å². The zero-order valence-electron chi connectivity index (χ0n) is 8.58. The van der Waals surface area contributed by atoms with Crippen LogP contribution in [0.4, 0.5) is 10.1 Å². The molecule has 17 heavy (non-hydrogen) atoms. The van der Waals surface area contributed by atoms with Crippen LogP contribution in [0.3, 0.4) is 0 Å². The first-order valence-corrected chi connectivity index (χ1v) is 5.54. The van der Waals surface area contributed by atoms with Gasteiger partial charge in [0.2, 0.25) is 0 Å². The van der Waals surface area contributed by atoms with Crippen molar-refractivity contribution in [1.82, 2.24) is 0 Å². The number of anilines is 1. The minimum Gasteiger partial charge on any atom is -0.382 e. The molecular formula is C12H8Cl2FNO. The molecule has 2 rings (SSSR count). The van der Waals surface area contributed by atoms with Gasteiger partial charge in [-0.3, -0.25) is 0 Å². The first-order valence-electron chi connectivity index (χ1n) is 4.78. The van der Waals surface area contributed by atoms with Crippen LogP contribution in [-0.4, -0.2) is 0 Å². The summed E-state index contributed by atoms with van der Waals surface area (Å²) in [6.07, 6.45) is 0. The van der Waals surface area contributed by atoms with Crippen LogP contribution in [0.1, 0.15) is 0 Å². The molecule has 0 aliphatic rings. The third kappa shape index (κ3) is 3.25. The SMILES string of the molecule is Fc1cc(ONc2ccc(Cl)cc2)ccc1Cl. The van der Waals surface area contributed by atoms with Gasteiger partial charge in [-0.25, -0.2) is 9.87 Å². The van der Waals surface area contributed by atoms with Gasteiger partial charge in [-0.2, -0.15) is 0 Å². The molecule has 5 heteroatoms. The first kappa shape index (κ1) is 12.0. The smallest absolute Gasteiger partial charge is 0.158 e. The van der Waals surface area contributed by atoms with E-state index in [0.29, 0.717) is 16.5 Å². The van der Waals surface area contributed by atoms with Gasteiger partial charge in [0, 0.05) is 11.1 Å². The van der Waals surface area contributed by atoms with Crippen LogP contribution < -0.4 is 10.3 Å². The third-order valence-electron chi connectivity index (χ3n) is 2.02. The van der Waals surface area contributed by atoms with Gasteiger partial charge in [-0.1, -0.05) is 23.2 Å². The predicted octanol–water partition coefficient (Wildman–Crippen LogP) is 4.54. The van der Waals surface area contributed by atoms with E-state index in [4.69, 9.17) is 28.0 Å². The second kappa shape index (κ2) is 5.25. The molecular weight excluding hydrogens is 264 g/mol. The molecule has 0 radical (unpaired) electrons. The Morgan fingerprint density at radius 2 is 1.71 bits per heavy atom. The lowest BCUT2D eigenvalue weighted by Gasteiger charge is -2.08. The number of halogens is 3. The molecule has 0 aliphatic carbocycles. The van der Waals surface area contributed by atoms with E-state index in [1.54, 1.807) is 30.3 Å². The minimum absolute atomic E-state index is 0.0591. The van der Waals surface area contributed by atoms with Gasteiger partial charge >= 0.3 is 0 Å². The zero-order valence-corrected chi connectivity index (χ0v) is 10.1. The van der Waals surface area contributed by atoms with Gasteiger partial charge in [0.05, 0.1) is 10.7 Å². The van der Waals surface area contributed by atoms with E-state index in [-0.39, 0.29) is 5.02 Å². The number of benzene rings is 2. The number of hydrogen-bond donors (Lipinski definition) is 1. The van der Waals surface area contributed by atoms with Crippen molar-refractivity contribution >= 4 is 28.9 Å². The monoisotopic (exact) mass is 271 g/mol. The maximum Gasteiger partial charge on any atom is 0.158 e. The Hall–Kier alpha value is -1.45. The molecule has 0 saturated carbocycles. The van der Waals surface area contributed by atoms with Crippen molar-refractivity contribution in [1.29, 1.82) is 0 Å². The third-order valence-corrected chi connectivity index (χ3v) is 2.58. The summed E-state index contributed by atoms with van der Waals surface area (Å²) in [6, 6.07) is 11.1. The highest BCUT2D eigenvalue weighted by atomic mass is 35.5. The number of rotatable bonds is 3. The maximum atomic E-state index is 13.1. The Morgan fingerprint density at radius 3 is 2.35 bits per heavy atom. The van der Waals surface area contributed by atoms with Crippen molar-refractivity contribution in [3.63, 3.8) is 0 Å². The van der Waals surface area contributed by atoms with E-state index in [1.165, 1.54) is 12.1 Å². The van der Waals surface area contributed by atoms with Gasteiger partial charge in [0.25, 0.3) is 0 Å². The lowest BCUT2D eigenvalue weighted by molar-refractivity contribution is 0.402. The number of nitrogens with one attached hydrogen (secondary N) is 1. The summed E-state index contributed by atoms with van der Waals surface area (Å²) in [5, 5.41) is 0.692. The van der Waals surface area contributed by atoms with Crippen molar-refractivity contribution in [2.24, 2.45) is 0 Å². The van der Waals surface area contributed by atoms with Crippen molar-refractivity contribution < 1.29 is 9.23 Å². The summed E-state index contributed by atoms with van der Waals surface area (Å²) in [7, 11) is 0. The van der Waals surface area contributed by atoms with E-state index in [0.717, 1.165) is 0 Å². The molecule has 1 N–H and O–H groups in total. The molecule has 0 saturated heterocycles. The fourth-order valence-electron chi connectivity index (χ4n) is 1.18. The minimum atomic E-state index is -0.526. The average molecular weight is 272 g/mol. The highest BCUT2D eigenvalue weighted by molar-refractivity contribution is 6.31. The van der Waals surface area contributed by atoms with Gasteiger partial charge in [0.15, 0.2) is 5.75 Å². The van der Waals surface area contributed by atoms with E-state index in [1.807, 2.05) is 0 Å². The zero-order chi connectivity index (χ0) is 12.3. The summed E-state index contributed by atoms with van der Waals surface area (Å²) < 4.78 is 13.1. The molecule has 2 nitrogen and oxygen atoms in total. The largest absolute Gasteiger partial charge is 0.382 e. The Morgan fingerprint density at radius 1 is 1.00 bits per heavy atom. The summed E-state index contributed by atoms with van der Waals surface area (Å²) in [4.78, 5) is 5.18. The average Bonchev–Trinajstić information content (AvgIpc) is 2.33. The molecule has 2 aromatic carbocycles. The fourth-order valence-corrected chi connectivity index (χ4v) is 1.42. The Labute approximate surface area is 108 Å². The summed E-state index contributed by atoms with van der Waals surface area (Å²) >= 11 is 11.3. The van der Waals surface area contributed by atoms with Crippen molar-refractivity contribution in [2.75, 3.05) is 5.48 Å². The van der Waals surface area contributed by atoms with Gasteiger partial charge in [-0.05, 0) is 36.4 Å². The molecule has 0 heterocycles. The normalized spacial score (nSPS) is 10.1. The summed E-state index contributed by atoms with van der Waals surface area (Å²) in [5.41, 5.74) is 3.38. The molecule has 0 atom stereocenters. The van der Waals surface area contributed by atoms with Crippen LogP contribution in [0, 0.1) is 5.82 Å². The maximum absolute atomic E-state index is 13.1. The van der Waals surface area contributed by atoms with Crippen molar-refractivity contribution in [2.45, 2.75) is 0 Å².